The predicted octanol–water partition coefficient (Wildman–Crippen LogP) is 11.4. The lowest BCUT2D eigenvalue weighted by atomic mass is 9.63. The Morgan fingerprint density at radius 2 is 1.16 bits per heavy atom. The van der Waals surface area contributed by atoms with Crippen LogP contribution in [0.4, 0.5) is 0 Å². The maximum atomic E-state index is 10.6. The predicted molar refractivity (Wildman–Crippen MR) is 254 cm³/mol. The summed E-state index contributed by atoms with van der Waals surface area (Å²) in [5, 5.41) is 4.87. The van der Waals surface area contributed by atoms with Gasteiger partial charge >= 0.3 is 0 Å². The van der Waals surface area contributed by atoms with Crippen LogP contribution in [0.25, 0.3) is 33.5 Å². The number of hydrogen-bond donors (Lipinski definition) is 0. The molecule has 3 heterocycles. The minimum absolute atomic E-state index is 0.0314. The van der Waals surface area contributed by atoms with Crippen LogP contribution in [-0.2, 0) is 5.41 Å². The van der Waals surface area contributed by atoms with Gasteiger partial charge in [0, 0.05) is 25.0 Å². The lowest BCUT2D eigenvalue weighted by molar-refractivity contribution is 0.270. The molecule has 2 saturated carbocycles. The first-order chi connectivity index (χ1) is 31.0. The Morgan fingerprint density at radius 1 is 0.574 bits per heavy atom. The van der Waals surface area contributed by atoms with E-state index in [9.17, 15) is 2.74 Å². The van der Waals surface area contributed by atoms with E-state index in [1.807, 2.05) is 0 Å². The van der Waals surface area contributed by atoms with Crippen molar-refractivity contribution in [1.29, 1.82) is 0 Å². The molecular weight excluding hydrogens is 759 g/mol. The smallest absolute Gasteiger partial charge is 0.220 e. The summed E-state index contributed by atoms with van der Waals surface area (Å²) in [7, 11) is -3.30. The van der Waals surface area contributed by atoms with Gasteiger partial charge in [-0.05, 0) is 87.8 Å². The summed E-state index contributed by atoms with van der Waals surface area (Å²) in [5.41, 5.74) is 6.45. The van der Waals surface area contributed by atoms with Crippen molar-refractivity contribution >= 4 is 56.7 Å². The lowest BCUT2D eigenvalue weighted by Crippen LogP contribution is -2.75. The van der Waals surface area contributed by atoms with E-state index in [-0.39, 0.29) is 5.92 Å². The lowest BCUT2D eigenvalue weighted by Gasteiger charge is -2.46. The van der Waals surface area contributed by atoms with E-state index in [0.29, 0.717) is 5.92 Å². The number of hydrogen-bond acceptors (Lipinski definition) is 2. The minimum atomic E-state index is -3.30. The van der Waals surface area contributed by atoms with Gasteiger partial charge < -0.3 is 4.74 Å². The molecule has 4 nitrogen and oxygen atoms in total. The van der Waals surface area contributed by atoms with E-state index < -0.39 is 19.9 Å². The van der Waals surface area contributed by atoms with Gasteiger partial charge in [-0.25, -0.2) is 4.98 Å². The average molecular weight is 812 g/mol. The second-order valence-corrected chi connectivity index (χ2v) is 21.5. The summed E-state index contributed by atoms with van der Waals surface area (Å²) in [5.74, 6) is 2.93. The van der Waals surface area contributed by atoms with E-state index in [4.69, 9.17) is 9.72 Å². The van der Waals surface area contributed by atoms with E-state index in [0.717, 1.165) is 106 Å². The van der Waals surface area contributed by atoms with Gasteiger partial charge in [0.2, 0.25) is 5.78 Å². The Hall–Kier alpha value is -6.17. The fourth-order valence-corrected chi connectivity index (χ4v) is 16.7. The molecule has 9 aromatic rings. The molecule has 0 saturated heterocycles. The molecule has 1 atom stereocenters. The van der Waals surface area contributed by atoms with Crippen LogP contribution in [0.2, 0.25) is 0 Å². The highest BCUT2D eigenvalue weighted by molar-refractivity contribution is 7.20. The molecule has 0 spiro atoms. The average Bonchev–Trinajstić information content (AvgIpc) is 4.17. The molecule has 12 rings (SSSR count). The molecule has 0 N–H and O–H groups in total. The van der Waals surface area contributed by atoms with E-state index in [2.05, 4.69) is 185 Å². The van der Waals surface area contributed by atoms with Crippen molar-refractivity contribution in [2.24, 2.45) is 11.8 Å². The van der Waals surface area contributed by atoms with Crippen LogP contribution in [0.15, 0.2) is 176 Å². The standard InChI is InChI=1S/C56H51N3OSi/c1-3-24-43(25-4-1)61(44-26-5-2-6-27-44,45-28-17-23-42(37-45)58-50-33-14-15-34-51(50)59-49-32-13-12-31-48(49)57-55(58)59)53-36-18-30-47-54(53)60-52-35-16-11-29-46(52)56(47,38-40-19-7-8-20-40)39-41-21-9-10-22-41/h1-6,11-18,23-37,40-41H,7-10,19-22,38-39H2/i38D2. The quantitative estimate of drug-likeness (QED) is 0.107. The molecule has 2 fully saturated rings. The summed E-state index contributed by atoms with van der Waals surface area (Å²) in [6.07, 6.45) is 8.01. The molecule has 0 bridgehead atoms. The topological polar surface area (TPSA) is 31.5 Å². The zero-order valence-corrected chi connectivity index (χ0v) is 35.5. The summed E-state index contributed by atoms with van der Waals surface area (Å²) >= 11 is 0. The summed E-state index contributed by atoms with van der Waals surface area (Å²) < 4.78 is 33.3. The fraction of sp³-hybridized carbons (Fsp3) is 0.232. The van der Waals surface area contributed by atoms with Gasteiger partial charge in [0.25, 0.3) is 0 Å². The van der Waals surface area contributed by atoms with Crippen LogP contribution in [-0.4, -0.2) is 22.0 Å². The van der Waals surface area contributed by atoms with Gasteiger partial charge in [-0.2, -0.15) is 0 Å². The van der Waals surface area contributed by atoms with Crippen LogP contribution < -0.4 is 25.5 Å². The maximum absolute atomic E-state index is 10.6. The highest BCUT2D eigenvalue weighted by Crippen LogP contribution is 2.56. The molecule has 1 unspecified atom stereocenters. The van der Waals surface area contributed by atoms with Gasteiger partial charge in [0.1, 0.15) is 11.5 Å². The normalized spacial score (nSPS) is 18.9. The first kappa shape index (κ1) is 34.5. The Kier molecular flexibility index (Phi) is 8.36. The van der Waals surface area contributed by atoms with Gasteiger partial charge in [-0.1, -0.05) is 185 Å². The monoisotopic (exact) mass is 811 g/mol. The molecule has 2 aliphatic carbocycles. The number of fused-ring (bicyclic) bond motifs is 7. The molecule has 61 heavy (non-hydrogen) atoms. The SMILES string of the molecule is [2H]C([2H])(C1CCCC1)C1(CC2CCCC2)c2ccccc2Oc2c1cccc2[Si](c1ccccc1)(c1ccccc1)c1cccc(-n2c3ccccc3n3c4ccccc4nc23)c1. The zero-order chi connectivity index (χ0) is 42.2. The van der Waals surface area contributed by atoms with Gasteiger partial charge in [-0.15, -0.1) is 0 Å². The third-order valence-electron chi connectivity index (χ3n) is 14.4. The Labute approximate surface area is 362 Å². The van der Waals surface area contributed by atoms with Gasteiger partial charge in [0.05, 0.1) is 22.1 Å². The Bertz CT molecular complexity index is 3110. The molecular formula is C56H51N3OSi. The number of imidazole rings is 2. The molecule has 0 amide bonds. The summed E-state index contributed by atoms with van der Waals surface area (Å²) in [4.78, 5) is 5.27. The second-order valence-electron chi connectivity index (χ2n) is 17.8. The summed E-state index contributed by atoms with van der Waals surface area (Å²) in [6, 6.07) is 63.7. The third-order valence-corrected chi connectivity index (χ3v) is 19.1. The van der Waals surface area contributed by atoms with E-state index in [1.165, 1.54) is 28.4 Å². The highest BCUT2D eigenvalue weighted by atomic mass is 28.3. The number of ether oxygens (including phenoxy) is 1. The third kappa shape index (κ3) is 5.73. The number of aromatic nitrogens is 3. The van der Waals surface area contributed by atoms with Gasteiger partial charge in [-0.3, -0.25) is 8.97 Å². The number of rotatable bonds is 9. The van der Waals surface area contributed by atoms with Crippen LogP contribution in [0.3, 0.4) is 0 Å². The van der Waals surface area contributed by atoms with Crippen molar-refractivity contribution in [3.8, 4) is 17.2 Å². The number of nitrogens with zero attached hydrogens (tertiary/aromatic N) is 3. The molecule has 2 aromatic heterocycles. The van der Waals surface area contributed by atoms with E-state index in [1.54, 1.807) is 0 Å². The molecule has 300 valence electrons. The van der Waals surface area contributed by atoms with Crippen molar-refractivity contribution in [2.75, 3.05) is 0 Å². The molecule has 3 aliphatic rings. The largest absolute Gasteiger partial charge is 0.457 e. The van der Waals surface area contributed by atoms with Crippen LogP contribution >= 0.6 is 0 Å². The van der Waals surface area contributed by atoms with Crippen molar-refractivity contribution in [3.63, 3.8) is 0 Å². The molecule has 7 aromatic carbocycles. The zero-order valence-electron chi connectivity index (χ0n) is 36.5. The molecule has 5 heteroatoms. The number of para-hydroxylation sites is 6. The van der Waals surface area contributed by atoms with Gasteiger partial charge in [0.15, 0.2) is 8.07 Å². The first-order valence-electron chi connectivity index (χ1n) is 23.5. The Balaban J connectivity index is 1.17. The van der Waals surface area contributed by atoms with Crippen molar-refractivity contribution < 1.29 is 7.48 Å². The second kappa shape index (κ2) is 14.8. The van der Waals surface area contributed by atoms with Crippen molar-refractivity contribution in [2.45, 2.75) is 69.6 Å². The maximum Gasteiger partial charge on any atom is 0.220 e. The first-order valence-corrected chi connectivity index (χ1v) is 24.5. The van der Waals surface area contributed by atoms with E-state index >= 15 is 0 Å². The molecule has 0 radical (unpaired) electrons. The fourth-order valence-electron chi connectivity index (χ4n) is 11.8. The summed E-state index contributed by atoms with van der Waals surface area (Å²) in [6.45, 7) is 0. The van der Waals surface area contributed by atoms with Crippen LogP contribution in [0, 0.1) is 11.8 Å². The number of benzene rings is 7. The minimum Gasteiger partial charge on any atom is -0.457 e. The Morgan fingerprint density at radius 3 is 1.92 bits per heavy atom. The van der Waals surface area contributed by atoms with Crippen LogP contribution in [0.5, 0.6) is 11.5 Å². The highest BCUT2D eigenvalue weighted by Gasteiger charge is 2.50. The van der Waals surface area contributed by atoms with Crippen LogP contribution in [0.1, 0.15) is 78.0 Å². The van der Waals surface area contributed by atoms with Crippen molar-refractivity contribution in [1.82, 2.24) is 14.0 Å². The van der Waals surface area contributed by atoms with Crippen molar-refractivity contribution in [3.05, 3.63) is 187 Å². The molecule has 1 aliphatic heterocycles.